The van der Waals surface area contributed by atoms with Crippen LogP contribution in [0.2, 0.25) is 5.02 Å². The van der Waals surface area contributed by atoms with Crippen LogP contribution in [0.1, 0.15) is 51.6 Å². The van der Waals surface area contributed by atoms with Crippen LogP contribution in [-0.4, -0.2) is 64.4 Å². The number of carbonyl (C=O) groups excluding carboxylic acids is 4. The van der Waals surface area contributed by atoms with E-state index in [4.69, 9.17) is 25.8 Å². The summed E-state index contributed by atoms with van der Waals surface area (Å²) in [6.45, 7) is 0.428. The molecule has 47 heavy (non-hydrogen) atoms. The molecule has 1 saturated heterocycles. The lowest BCUT2D eigenvalue weighted by atomic mass is 10.0. The number of halogens is 1. The maximum Gasteiger partial charge on any atom is 0.408 e. The molecule has 1 aliphatic heterocycles. The van der Waals surface area contributed by atoms with E-state index in [1.807, 2.05) is 18.2 Å². The molecule has 13 nitrogen and oxygen atoms in total. The third-order valence-electron chi connectivity index (χ3n) is 7.23. The minimum Gasteiger partial charge on any atom is -0.507 e. The zero-order valence-corrected chi connectivity index (χ0v) is 27.0. The van der Waals surface area contributed by atoms with Crippen LogP contribution in [0, 0.1) is 0 Å². The highest BCUT2D eigenvalue weighted by Crippen LogP contribution is 2.57. The highest BCUT2D eigenvalue weighted by molar-refractivity contribution is 8.23. The number of benzene rings is 3. The maximum absolute atomic E-state index is 13.3. The molecule has 15 heteroatoms. The van der Waals surface area contributed by atoms with Crippen LogP contribution in [0.5, 0.6) is 11.5 Å². The number of alkyl carbamates (subject to hydrolysis) is 1. The van der Waals surface area contributed by atoms with E-state index in [1.54, 1.807) is 30.3 Å². The Morgan fingerprint density at radius 1 is 1.04 bits per heavy atom. The highest BCUT2D eigenvalue weighted by atomic mass is 35.5. The molecule has 3 aromatic carbocycles. The molecule has 4 rings (SSSR count). The van der Waals surface area contributed by atoms with Crippen LogP contribution in [-0.2, 0) is 32.1 Å². The lowest BCUT2D eigenvalue weighted by molar-refractivity contribution is -0.123. The first kappa shape index (κ1) is 35.4. The Balaban J connectivity index is 1.36. The Morgan fingerprint density at radius 3 is 2.49 bits per heavy atom. The number of phenolic OH excluding ortho intramolecular Hbond substituents is 1. The Morgan fingerprint density at radius 2 is 1.81 bits per heavy atom. The molecule has 1 aliphatic rings. The predicted octanol–water partition coefficient (Wildman–Crippen LogP) is 4.87. The largest absolute Gasteiger partial charge is 0.507 e. The van der Waals surface area contributed by atoms with Crippen LogP contribution in [0.4, 0.5) is 4.79 Å². The molecule has 0 aliphatic carbocycles. The van der Waals surface area contributed by atoms with E-state index in [-0.39, 0.29) is 54.7 Å². The van der Waals surface area contributed by atoms with E-state index in [9.17, 15) is 33.4 Å². The molecule has 0 aromatic heterocycles. The van der Waals surface area contributed by atoms with Crippen molar-refractivity contribution in [2.24, 2.45) is 0 Å². The van der Waals surface area contributed by atoms with Gasteiger partial charge in [0.25, 0.3) is 0 Å². The second kappa shape index (κ2) is 16.4. The normalized spacial score (nSPS) is 16.3. The Kier molecular flexibility index (Phi) is 12.3. The summed E-state index contributed by atoms with van der Waals surface area (Å²) in [7, 11) is -2.21. The fourth-order valence-electron chi connectivity index (χ4n) is 4.85. The third kappa shape index (κ3) is 9.75. The first-order chi connectivity index (χ1) is 22.5. The van der Waals surface area contributed by atoms with Gasteiger partial charge in [-0.25, -0.2) is 9.59 Å². The molecule has 252 valence electrons. The second-order valence-corrected chi connectivity index (χ2v) is 13.0. The zero-order valence-electron chi connectivity index (χ0n) is 25.4. The second-order valence-electron chi connectivity index (χ2n) is 10.6. The summed E-state index contributed by atoms with van der Waals surface area (Å²) < 4.78 is 38.4. The number of aromatic hydroxyl groups is 1. The number of carbonyl (C=O) groups is 4. The van der Waals surface area contributed by atoms with Gasteiger partial charge in [0.05, 0.1) is 20.1 Å². The smallest absolute Gasteiger partial charge is 0.408 e. The van der Waals surface area contributed by atoms with Gasteiger partial charge < -0.3 is 30.0 Å². The minimum absolute atomic E-state index is 0.00103. The Hall–Kier alpha value is -4.50. The number of rotatable bonds is 14. The molecule has 3 aromatic rings. The van der Waals surface area contributed by atoms with E-state index in [0.717, 1.165) is 5.56 Å². The fraction of sp³-hybridized carbons (Fsp3) is 0.312. The molecule has 2 atom stereocenters. The molecular formula is C32H36ClN3O10S. The van der Waals surface area contributed by atoms with Gasteiger partial charge in [0.15, 0.2) is 0 Å². The van der Waals surface area contributed by atoms with Crippen LogP contribution < -0.4 is 20.1 Å². The van der Waals surface area contributed by atoms with Crippen molar-refractivity contribution in [1.82, 2.24) is 15.4 Å². The van der Waals surface area contributed by atoms with Crippen molar-refractivity contribution in [3.8, 4) is 11.5 Å². The predicted molar refractivity (Wildman–Crippen MR) is 174 cm³/mol. The summed E-state index contributed by atoms with van der Waals surface area (Å²) in [5.41, 5.74) is 1.63. The SMILES string of the molecule is COC(=O)c1c(O)cccc1OCCCCNC(=O)[C@H](Cc1ccc(C2CC(=O)NS2(O)O)c(Cl)c1)NC(=O)OCc1ccccc1. The van der Waals surface area contributed by atoms with Gasteiger partial charge in [-0.2, -0.15) is 0 Å². The number of hydrogen-bond donors (Lipinski definition) is 6. The van der Waals surface area contributed by atoms with Gasteiger partial charge in [-0.05, 0) is 47.7 Å². The fourth-order valence-corrected chi connectivity index (χ4v) is 6.76. The van der Waals surface area contributed by atoms with Gasteiger partial charge >= 0.3 is 12.1 Å². The molecule has 3 amide bonds. The molecule has 0 saturated carbocycles. The number of nitrogens with one attached hydrogen (secondary N) is 3. The number of unbranched alkanes of at least 4 members (excludes halogenated alkanes) is 1. The van der Waals surface area contributed by atoms with Gasteiger partial charge in [-0.15, -0.1) is 10.8 Å². The van der Waals surface area contributed by atoms with Gasteiger partial charge in [-0.1, -0.05) is 60.1 Å². The third-order valence-corrected chi connectivity index (χ3v) is 9.30. The zero-order chi connectivity index (χ0) is 34.0. The van der Waals surface area contributed by atoms with Crippen LogP contribution in [0.15, 0.2) is 66.7 Å². The monoisotopic (exact) mass is 689 g/mol. The van der Waals surface area contributed by atoms with E-state index >= 15 is 0 Å². The number of methoxy groups -OCH3 is 1. The average molecular weight is 690 g/mol. The quantitative estimate of drug-likeness (QED) is 0.100. The van der Waals surface area contributed by atoms with Gasteiger partial charge in [0.1, 0.15) is 35.0 Å². The van der Waals surface area contributed by atoms with E-state index < -0.39 is 45.9 Å². The molecule has 0 spiro atoms. The first-order valence-electron chi connectivity index (χ1n) is 14.6. The van der Waals surface area contributed by atoms with Crippen molar-refractivity contribution < 1.29 is 47.6 Å². The maximum atomic E-state index is 13.3. The molecular weight excluding hydrogens is 654 g/mol. The highest BCUT2D eigenvalue weighted by Gasteiger charge is 2.39. The van der Waals surface area contributed by atoms with Crippen molar-refractivity contribution in [3.63, 3.8) is 0 Å². The van der Waals surface area contributed by atoms with Crippen molar-refractivity contribution in [1.29, 1.82) is 0 Å². The summed E-state index contributed by atoms with van der Waals surface area (Å²) in [6.07, 6.45) is 0.0722. The van der Waals surface area contributed by atoms with Crippen molar-refractivity contribution in [2.75, 3.05) is 20.3 Å². The van der Waals surface area contributed by atoms with Crippen LogP contribution >= 0.6 is 22.4 Å². The molecule has 1 fully saturated rings. The number of hydrogen-bond acceptors (Lipinski definition) is 10. The van der Waals surface area contributed by atoms with Crippen molar-refractivity contribution in [2.45, 2.75) is 43.6 Å². The lowest BCUT2D eigenvalue weighted by Gasteiger charge is -2.33. The number of esters is 1. The number of phenols is 1. The number of ether oxygens (including phenoxy) is 3. The summed E-state index contributed by atoms with van der Waals surface area (Å²) in [5, 5.41) is 14.7. The Labute approximate surface area is 278 Å². The minimum atomic E-state index is -3.41. The van der Waals surface area contributed by atoms with Crippen LogP contribution in [0.3, 0.4) is 0 Å². The molecule has 0 bridgehead atoms. The molecule has 6 N–H and O–H groups in total. The van der Waals surface area contributed by atoms with Gasteiger partial charge in [-0.3, -0.25) is 23.4 Å². The van der Waals surface area contributed by atoms with Crippen molar-refractivity contribution in [3.05, 3.63) is 94.0 Å². The summed E-state index contributed by atoms with van der Waals surface area (Å²) >= 11 is 6.48. The average Bonchev–Trinajstić information content (AvgIpc) is 3.32. The van der Waals surface area contributed by atoms with E-state index in [1.165, 1.54) is 25.3 Å². The molecule has 1 heterocycles. The summed E-state index contributed by atoms with van der Waals surface area (Å²) in [6, 6.07) is 17.2. The van der Waals surface area contributed by atoms with Gasteiger partial charge in [0.2, 0.25) is 11.8 Å². The molecule has 0 radical (unpaired) electrons. The summed E-state index contributed by atoms with van der Waals surface area (Å²) in [4.78, 5) is 49.7. The van der Waals surface area contributed by atoms with Crippen LogP contribution in [0.25, 0.3) is 0 Å². The standard InChI is InChI=1S/C32H36ClN3O10S/c1-44-31(40)29-25(37)10-7-11-26(29)45-15-6-5-14-34-30(39)24(35-32(41)46-19-20-8-3-2-4-9-20)17-21-12-13-22(23(33)16-21)27-18-28(38)36-47(27,42)43/h2-4,7-13,16,24,27,37,42-43H,5-6,14-15,17-19H2,1H3,(H,34,39)(H,35,41)(H,36,38)/t24-,27?/m0/s1. The van der Waals surface area contributed by atoms with E-state index in [0.29, 0.717) is 24.0 Å². The van der Waals surface area contributed by atoms with Gasteiger partial charge in [0, 0.05) is 18.0 Å². The first-order valence-corrected chi connectivity index (χ1v) is 16.6. The van der Waals surface area contributed by atoms with E-state index in [2.05, 4.69) is 15.4 Å². The summed E-state index contributed by atoms with van der Waals surface area (Å²) in [5.74, 6) is -1.81. The lowest BCUT2D eigenvalue weighted by Crippen LogP contribution is -2.48. The molecule has 1 unspecified atom stereocenters. The topological polar surface area (TPSA) is 193 Å². The van der Waals surface area contributed by atoms with Crippen molar-refractivity contribution >= 4 is 46.3 Å². The Bertz CT molecular complexity index is 1590. The number of amides is 3.